The molecule has 1 aliphatic rings. The van der Waals surface area contributed by atoms with Gasteiger partial charge >= 0.3 is 0 Å². The number of nitrogens with zero attached hydrogens (tertiary/aromatic N) is 2. The number of rotatable bonds is 4. The van der Waals surface area contributed by atoms with Crippen molar-refractivity contribution < 1.29 is 13.2 Å². The molecular formula is C19H22ClN3O3S. The van der Waals surface area contributed by atoms with Gasteiger partial charge in [-0.25, -0.2) is 13.1 Å². The van der Waals surface area contributed by atoms with Crippen molar-refractivity contribution in [3.05, 3.63) is 51.8 Å². The van der Waals surface area contributed by atoms with Crippen LogP contribution < -0.4 is 5.32 Å². The van der Waals surface area contributed by atoms with Gasteiger partial charge in [0.15, 0.2) is 9.84 Å². The Labute approximate surface area is 164 Å². The number of nitrogens with one attached hydrogen (secondary N) is 1. The lowest BCUT2D eigenvalue weighted by Crippen LogP contribution is -2.12. The molecule has 144 valence electrons. The molecular weight excluding hydrogens is 386 g/mol. The van der Waals surface area contributed by atoms with E-state index in [1.165, 1.54) is 6.08 Å². The lowest BCUT2D eigenvalue weighted by Gasteiger charge is -2.09. The first-order valence-electron chi connectivity index (χ1n) is 8.67. The second kappa shape index (κ2) is 7.48. The van der Waals surface area contributed by atoms with E-state index in [4.69, 9.17) is 11.6 Å². The Balaban J connectivity index is 1.76. The van der Waals surface area contributed by atoms with Gasteiger partial charge in [-0.2, -0.15) is 5.10 Å². The van der Waals surface area contributed by atoms with Crippen LogP contribution in [0.25, 0.3) is 6.08 Å². The number of aromatic nitrogens is 2. The van der Waals surface area contributed by atoms with Crippen LogP contribution in [0.4, 0.5) is 5.69 Å². The van der Waals surface area contributed by atoms with Crippen LogP contribution in [0.1, 0.15) is 34.8 Å². The average molecular weight is 408 g/mol. The number of benzene rings is 1. The maximum atomic E-state index is 12.2. The second-order valence-electron chi connectivity index (χ2n) is 6.93. The number of hydrogen-bond acceptors (Lipinski definition) is 4. The summed E-state index contributed by atoms with van der Waals surface area (Å²) in [5, 5.41) is 7.58. The molecule has 0 aliphatic carbocycles. The van der Waals surface area contributed by atoms with E-state index < -0.39 is 9.84 Å². The van der Waals surface area contributed by atoms with E-state index in [2.05, 4.69) is 10.4 Å². The van der Waals surface area contributed by atoms with Crippen LogP contribution >= 0.6 is 11.6 Å². The highest BCUT2D eigenvalue weighted by Crippen LogP contribution is 2.30. The summed E-state index contributed by atoms with van der Waals surface area (Å²) in [6.07, 6.45) is 3.52. The van der Waals surface area contributed by atoms with Gasteiger partial charge in [0.2, 0.25) is 5.91 Å². The van der Waals surface area contributed by atoms with Crippen LogP contribution in [0, 0.1) is 20.8 Å². The predicted molar refractivity (Wildman–Crippen MR) is 108 cm³/mol. The Morgan fingerprint density at radius 1 is 1.33 bits per heavy atom. The molecule has 0 spiro atoms. The molecule has 6 nitrogen and oxygen atoms in total. The maximum Gasteiger partial charge on any atom is 0.248 e. The van der Waals surface area contributed by atoms with Crippen molar-refractivity contribution in [2.45, 2.75) is 33.2 Å². The summed E-state index contributed by atoms with van der Waals surface area (Å²) in [4.78, 5) is 12.2. The summed E-state index contributed by atoms with van der Waals surface area (Å²) in [5.74, 6) is -0.0748. The van der Waals surface area contributed by atoms with Crippen molar-refractivity contribution >= 4 is 39.1 Å². The number of carbonyl (C=O) groups is 1. The minimum absolute atomic E-state index is 0.0458. The van der Waals surface area contributed by atoms with Crippen LogP contribution in [0.5, 0.6) is 0 Å². The van der Waals surface area contributed by atoms with E-state index in [0.29, 0.717) is 22.8 Å². The van der Waals surface area contributed by atoms with Gasteiger partial charge in [0.25, 0.3) is 0 Å². The Morgan fingerprint density at radius 3 is 2.70 bits per heavy atom. The molecule has 1 aliphatic heterocycles. The number of anilines is 1. The zero-order valence-corrected chi connectivity index (χ0v) is 17.1. The van der Waals surface area contributed by atoms with Crippen LogP contribution in [0.2, 0.25) is 5.15 Å². The minimum Gasteiger partial charge on any atom is -0.322 e. The standard InChI is InChI=1S/C19H22ClN3O3S/c1-12-4-6-17(13(2)10-12)21-18(24)7-5-16-14(3)22-23(19(16)20)15-8-9-27(25,26)11-15/h4-7,10,15H,8-9,11H2,1-3H3,(H,21,24)/b7-5+/t15-/m1/s1. The van der Waals surface area contributed by atoms with Crippen LogP contribution in [-0.4, -0.2) is 35.6 Å². The molecule has 2 aromatic rings. The van der Waals surface area contributed by atoms with E-state index in [1.54, 1.807) is 17.7 Å². The first-order valence-corrected chi connectivity index (χ1v) is 10.9. The smallest absolute Gasteiger partial charge is 0.248 e. The molecule has 27 heavy (non-hydrogen) atoms. The van der Waals surface area contributed by atoms with E-state index in [1.807, 2.05) is 32.0 Å². The van der Waals surface area contributed by atoms with Crippen molar-refractivity contribution in [2.75, 3.05) is 16.8 Å². The van der Waals surface area contributed by atoms with Gasteiger partial charge in [0, 0.05) is 17.3 Å². The number of aryl methyl sites for hydroxylation is 3. The topological polar surface area (TPSA) is 81.1 Å². The summed E-state index contributed by atoms with van der Waals surface area (Å²) in [5.41, 5.74) is 4.15. The molecule has 0 bridgehead atoms. The number of hydrogen-bond donors (Lipinski definition) is 1. The van der Waals surface area contributed by atoms with E-state index in [0.717, 1.165) is 16.8 Å². The summed E-state index contributed by atoms with van der Waals surface area (Å²) in [6, 6.07) is 5.55. The highest BCUT2D eigenvalue weighted by molar-refractivity contribution is 7.91. The molecule has 1 aromatic carbocycles. The molecule has 1 atom stereocenters. The fourth-order valence-electron chi connectivity index (χ4n) is 3.22. The van der Waals surface area contributed by atoms with Gasteiger partial charge in [-0.15, -0.1) is 0 Å². The van der Waals surface area contributed by atoms with E-state index >= 15 is 0 Å². The van der Waals surface area contributed by atoms with Crippen molar-refractivity contribution in [3.8, 4) is 0 Å². The summed E-state index contributed by atoms with van der Waals surface area (Å²) >= 11 is 6.41. The molecule has 1 aromatic heterocycles. The highest BCUT2D eigenvalue weighted by Gasteiger charge is 2.31. The monoisotopic (exact) mass is 407 g/mol. The van der Waals surface area contributed by atoms with Crippen molar-refractivity contribution in [2.24, 2.45) is 0 Å². The van der Waals surface area contributed by atoms with Gasteiger partial charge in [0.1, 0.15) is 5.15 Å². The molecule has 3 rings (SSSR count). The Kier molecular flexibility index (Phi) is 5.44. The third-order valence-corrected chi connectivity index (χ3v) is 6.79. The van der Waals surface area contributed by atoms with Gasteiger partial charge in [-0.3, -0.25) is 4.79 Å². The number of sulfone groups is 1. The number of amides is 1. The quantitative estimate of drug-likeness (QED) is 0.787. The third kappa shape index (κ3) is 4.42. The second-order valence-corrected chi connectivity index (χ2v) is 9.52. The largest absolute Gasteiger partial charge is 0.322 e. The molecule has 2 heterocycles. The lowest BCUT2D eigenvalue weighted by molar-refractivity contribution is -0.111. The summed E-state index contributed by atoms with van der Waals surface area (Å²) in [6.45, 7) is 5.72. The van der Waals surface area contributed by atoms with Gasteiger partial charge < -0.3 is 5.32 Å². The fourth-order valence-corrected chi connectivity index (χ4v) is 5.29. The Hall–Kier alpha value is -2.12. The zero-order chi connectivity index (χ0) is 19.8. The molecule has 1 saturated heterocycles. The molecule has 8 heteroatoms. The molecule has 1 N–H and O–H groups in total. The normalized spacial score (nSPS) is 18.9. The summed E-state index contributed by atoms with van der Waals surface area (Å²) < 4.78 is 25.0. The molecule has 0 radical (unpaired) electrons. The van der Waals surface area contributed by atoms with Gasteiger partial charge in [0.05, 0.1) is 23.2 Å². The fraction of sp³-hybridized carbons (Fsp3) is 0.368. The first-order chi connectivity index (χ1) is 12.7. The van der Waals surface area contributed by atoms with Gasteiger partial charge in [-0.05, 0) is 44.9 Å². The number of halogens is 1. The number of carbonyl (C=O) groups excluding carboxylic acids is 1. The van der Waals surface area contributed by atoms with Crippen molar-refractivity contribution in [1.82, 2.24) is 9.78 Å². The molecule has 1 amide bonds. The van der Waals surface area contributed by atoms with E-state index in [-0.39, 0.29) is 23.5 Å². The minimum atomic E-state index is -3.03. The van der Waals surface area contributed by atoms with Crippen molar-refractivity contribution in [1.29, 1.82) is 0 Å². The highest BCUT2D eigenvalue weighted by atomic mass is 35.5. The first kappa shape index (κ1) is 19.6. The lowest BCUT2D eigenvalue weighted by atomic mass is 10.1. The molecule has 1 fully saturated rings. The van der Waals surface area contributed by atoms with E-state index in [9.17, 15) is 13.2 Å². The Bertz CT molecular complexity index is 1030. The molecule has 0 unspecified atom stereocenters. The van der Waals surface area contributed by atoms with Crippen LogP contribution in [0.3, 0.4) is 0 Å². The zero-order valence-electron chi connectivity index (χ0n) is 15.5. The predicted octanol–water partition coefficient (Wildman–Crippen LogP) is 3.47. The SMILES string of the molecule is Cc1ccc(NC(=O)/C=C/c2c(C)nn([C@@H]3CCS(=O)(=O)C3)c2Cl)c(C)c1. The van der Waals surface area contributed by atoms with Crippen LogP contribution in [-0.2, 0) is 14.6 Å². The van der Waals surface area contributed by atoms with Crippen LogP contribution in [0.15, 0.2) is 24.3 Å². The third-order valence-electron chi connectivity index (χ3n) is 4.67. The average Bonchev–Trinajstić information content (AvgIpc) is 3.07. The summed E-state index contributed by atoms with van der Waals surface area (Å²) in [7, 11) is -3.03. The Morgan fingerprint density at radius 2 is 2.07 bits per heavy atom. The molecule has 0 saturated carbocycles. The van der Waals surface area contributed by atoms with Crippen molar-refractivity contribution in [3.63, 3.8) is 0 Å². The van der Waals surface area contributed by atoms with Gasteiger partial charge in [-0.1, -0.05) is 29.3 Å². The maximum absolute atomic E-state index is 12.2.